The number of aryl methyl sites for hydroxylation is 1. The number of nitrogens with zero attached hydrogens (tertiary/aromatic N) is 1. The lowest BCUT2D eigenvalue weighted by atomic mass is 9.99. The number of carbonyl (C=O) groups excluding carboxylic acids is 3. The van der Waals surface area contributed by atoms with E-state index in [1.165, 1.54) is 0 Å². The number of halogens is 1. The summed E-state index contributed by atoms with van der Waals surface area (Å²) >= 11 is 6.79. The van der Waals surface area contributed by atoms with E-state index in [0.29, 0.717) is 27.7 Å². The van der Waals surface area contributed by atoms with Gasteiger partial charge in [-0.2, -0.15) is 0 Å². The summed E-state index contributed by atoms with van der Waals surface area (Å²) < 4.78 is 1.69. The molecule has 1 aromatic heterocycles. The molecule has 42 heavy (non-hydrogen) atoms. The summed E-state index contributed by atoms with van der Waals surface area (Å²) in [7, 11) is 1.74. The standard InChI is InChI=1S/C34H31ClN4O3/c1-21(2)36-33(41)30(23-14-8-5-9-15-23)38-34(42)31-29(35)27-20-24(18-19-28(27)39(31)3)37-32(40)26-17-11-10-16-25(26)22-12-6-4-7-13-22/h4-21,30H,1-3H3,(H,36,41)(H,37,40)(H,38,42). The van der Waals surface area contributed by atoms with Crippen LogP contribution in [-0.4, -0.2) is 28.3 Å². The van der Waals surface area contributed by atoms with Gasteiger partial charge in [0.1, 0.15) is 11.7 Å². The van der Waals surface area contributed by atoms with Crippen LogP contribution in [0.5, 0.6) is 0 Å². The second-order valence-corrected chi connectivity index (χ2v) is 10.7. The van der Waals surface area contributed by atoms with Crippen LogP contribution in [0.1, 0.15) is 46.3 Å². The first-order valence-electron chi connectivity index (χ1n) is 13.6. The summed E-state index contributed by atoms with van der Waals surface area (Å²) in [4.78, 5) is 40.0. The first-order chi connectivity index (χ1) is 20.2. The van der Waals surface area contributed by atoms with Crippen LogP contribution in [0.3, 0.4) is 0 Å². The molecule has 4 aromatic carbocycles. The molecule has 1 atom stereocenters. The first-order valence-corrected chi connectivity index (χ1v) is 14.0. The van der Waals surface area contributed by atoms with Gasteiger partial charge in [-0.1, -0.05) is 90.5 Å². The van der Waals surface area contributed by atoms with Crippen molar-refractivity contribution >= 4 is 45.9 Å². The van der Waals surface area contributed by atoms with Crippen LogP contribution in [0.4, 0.5) is 5.69 Å². The Labute approximate surface area is 249 Å². The number of amides is 3. The molecule has 0 aliphatic carbocycles. The van der Waals surface area contributed by atoms with Gasteiger partial charge < -0.3 is 20.5 Å². The molecule has 0 bridgehead atoms. The van der Waals surface area contributed by atoms with E-state index in [-0.39, 0.29) is 28.6 Å². The number of fused-ring (bicyclic) bond motifs is 1. The Kier molecular flexibility index (Phi) is 8.41. The minimum absolute atomic E-state index is 0.102. The summed E-state index contributed by atoms with van der Waals surface area (Å²) in [5.74, 6) is -1.07. The minimum Gasteiger partial charge on any atom is -0.352 e. The van der Waals surface area contributed by atoms with Gasteiger partial charge in [-0.15, -0.1) is 0 Å². The zero-order chi connectivity index (χ0) is 29.8. The van der Waals surface area contributed by atoms with Gasteiger partial charge in [0.05, 0.1) is 10.5 Å². The van der Waals surface area contributed by atoms with E-state index in [1.807, 2.05) is 80.6 Å². The van der Waals surface area contributed by atoms with Crippen molar-refractivity contribution in [3.63, 3.8) is 0 Å². The first kappa shape index (κ1) is 28.6. The molecule has 5 rings (SSSR count). The molecule has 0 aliphatic heterocycles. The maximum Gasteiger partial charge on any atom is 0.270 e. The molecule has 1 unspecified atom stereocenters. The quantitative estimate of drug-likeness (QED) is 0.190. The third kappa shape index (κ3) is 5.92. The van der Waals surface area contributed by atoms with Gasteiger partial charge in [-0.25, -0.2) is 0 Å². The predicted molar refractivity (Wildman–Crippen MR) is 168 cm³/mol. The summed E-state index contributed by atoms with van der Waals surface area (Å²) in [6.45, 7) is 3.72. The fourth-order valence-corrected chi connectivity index (χ4v) is 5.36. The van der Waals surface area contributed by atoms with Crippen molar-refractivity contribution in [1.29, 1.82) is 0 Å². The van der Waals surface area contributed by atoms with Crippen molar-refractivity contribution in [2.75, 3.05) is 5.32 Å². The molecule has 1 heterocycles. The molecule has 0 spiro atoms. The number of nitrogens with one attached hydrogen (secondary N) is 3. The number of carbonyl (C=O) groups is 3. The Bertz CT molecular complexity index is 1760. The number of benzene rings is 4. The fraction of sp³-hybridized carbons (Fsp3) is 0.147. The lowest BCUT2D eigenvalue weighted by Crippen LogP contribution is -2.43. The van der Waals surface area contributed by atoms with Gasteiger partial charge in [-0.3, -0.25) is 14.4 Å². The Morgan fingerprint density at radius 2 is 1.40 bits per heavy atom. The zero-order valence-electron chi connectivity index (χ0n) is 23.5. The number of hydrogen-bond donors (Lipinski definition) is 3. The topological polar surface area (TPSA) is 92.2 Å². The summed E-state index contributed by atoms with van der Waals surface area (Å²) in [5.41, 5.74) is 4.40. The maximum atomic E-state index is 13.6. The Morgan fingerprint density at radius 3 is 2.10 bits per heavy atom. The second-order valence-electron chi connectivity index (χ2n) is 10.3. The Hall–Kier alpha value is -4.88. The van der Waals surface area contributed by atoms with Crippen molar-refractivity contribution in [3.05, 3.63) is 125 Å². The van der Waals surface area contributed by atoms with Crippen molar-refractivity contribution in [2.24, 2.45) is 7.05 Å². The van der Waals surface area contributed by atoms with Gasteiger partial charge in [-0.05, 0) is 54.8 Å². The third-order valence-corrected chi connectivity index (χ3v) is 7.35. The molecule has 0 radical (unpaired) electrons. The monoisotopic (exact) mass is 578 g/mol. The molecule has 212 valence electrons. The van der Waals surface area contributed by atoms with Gasteiger partial charge in [0, 0.05) is 29.7 Å². The third-order valence-electron chi connectivity index (χ3n) is 6.97. The molecule has 7 nitrogen and oxygen atoms in total. The largest absolute Gasteiger partial charge is 0.352 e. The van der Waals surface area contributed by atoms with Crippen LogP contribution in [0.15, 0.2) is 103 Å². The lowest BCUT2D eigenvalue weighted by molar-refractivity contribution is -0.123. The normalized spacial score (nSPS) is 11.7. The predicted octanol–water partition coefficient (Wildman–Crippen LogP) is 6.75. The van der Waals surface area contributed by atoms with E-state index >= 15 is 0 Å². The van der Waals surface area contributed by atoms with E-state index in [4.69, 9.17) is 11.6 Å². The lowest BCUT2D eigenvalue weighted by Gasteiger charge is -2.20. The molecule has 0 saturated carbocycles. The molecule has 0 fully saturated rings. The zero-order valence-corrected chi connectivity index (χ0v) is 24.3. The molecule has 0 saturated heterocycles. The highest BCUT2D eigenvalue weighted by Gasteiger charge is 2.27. The molecule has 3 N–H and O–H groups in total. The van der Waals surface area contributed by atoms with E-state index in [1.54, 1.807) is 48.0 Å². The molecule has 5 aromatic rings. The average molecular weight is 579 g/mol. The highest BCUT2D eigenvalue weighted by atomic mass is 35.5. The van der Waals surface area contributed by atoms with E-state index < -0.39 is 11.9 Å². The summed E-state index contributed by atoms with van der Waals surface area (Å²) in [6, 6.07) is 30.5. The van der Waals surface area contributed by atoms with E-state index in [9.17, 15) is 14.4 Å². The SMILES string of the molecule is CC(C)NC(=O)C(NC(=O)c1c(Cl)c2cc(NC(=O)c3ccccc3-c3ccccc3)ccc2n1C)c1ccccc1. The van der Waals surface area contributed by atoms with Crippen molar-refractivity contribution in [3.8, 4) is 11.1 Å². The summed E-state index contributed by atoms with van der Waals surface area (Å²) in [6.07, 6.45) is 0. The van der Waals surface area contributed by atoms with E-state index in [0.717, 1.165) is 11.1 Å². The maximum absolute atomic E-state index is 13.6. The van der Waals surface area contributed by atoms with Gasteiger partial charge in [0.2, 0.25) is 5.91 Å². The second kappa shape index (κ2) is 12.3. The van der Waals surface area contributed by atoms with Crippen LogP contribution >= 0.6 is 11.6 Å². The number of aromatic nitrogens is 1. The molecule has 3 amide bonds. The molecule has 8 heteroatoms. The number of hydrogen-bond acceptors (Lipinski definition) is 3. The number of anilines is 1. The van der Waals surface area contributed by atoms with Crippen molar-refractivity contribution < 1.29 is 14.4 Å². The summed E-state index contributed by atoms with van der Waals surface area (Å²) in [5, 5.41) is 9.53. The van der Waals surface area contributed by atoms with Crippen LogP contribution in [0, 0.1) is 0 Å². The van der Waals surface area contributed by atoms with E-state index in [2.05, 4.69) is 16.0 Å². The van der Waals surface area contributed by atoms with Crippen LogP contribution in [-0.2, 0) is 11.8 Å². The highest BCUT2D eigenvalue weighted by Crippen LogP contribution is 2.33. The van der Waals surface area contributed by atoms with Crippen LogP contribution in [0.25, 0.3) is 22.0 Å². The Morgan fingerprint density at radius 1 is 0.762 bits per heavy atom. The van der Waals surface area contributed by atoms with Gasteiger partial charge in [0.25, 0.3) is 11.8 Å². The highest BCUT2D eigenvalue weighted by molar-refractivity contribution is 6.39. The minimum atomic E-state index is -0.908. The molecular formula is C34H31ClN4O3. The fourth-order valence-electron chi connectivity index (χ4n) is 4.99. The van der Waals surface area contributed by atoms with Gasteiger partial charge in [0.15, 0.2) is 0 Å². The number of rotatable bonds is 8. The van der Waals surface area contributed by atoms with Crippen molar-refractivity contribution in [2.45, 2.75) is 25.9 Å². The van der Waals surface area contributed by atoms with Crippen molar-refractivity contribution in [1.82, 2.24) is 15.2 Å². The smallest absolute Gasteiger partial charge is 0.270 e. The molecule has 0 aliphatic rings. The van der Waals surface area contributed by atoms with Gasteiger partial charge >= 0.3 is 0 Å². The van der Waals surface area contributed by atoms with Crippen LogP contribution < -0.4 is 16.0 Å². The van der Waals surface area contributed by atoms with Crippen LogP contribution in [0.2, 0.25) is 5.02 Å². The average Bonchev–Trinajstić information content (AvgIpc) is 3.25. The molecular weight excluding hydrogens is 548 g/mol. The Balaban J connectivity index is 1.43.